The molecule has 0 saturated carbocycles. The van der Waals surface area contributed by atoms with Crippen molar-refractivity contribution in [3.05, 3.63) is 0 Å². The molecule has 0 rings (SSSR count). The van der Waals surface area contributed by atoms with E-state index in [-0.39, 0.29) is 80.1 Å². The fourth-order valence-corrected chi connectivity index (χ4v) is 0. The van der Waals surface area contributed by atoms with Crippen molar-refractivity contribution in [3.63, 3.8) is 0 Å². The van der Waals surface area contributed by atoms with Crippen LogP contribution in [-0.4, -0.2) is 43.9 Å². The second-order valence-corrected chi connectivity index (χ2v) is 3.69. The van der Waals surface area contributed by atoms with Crippen LogP contribution < -0.4 is 51.4 Å². The molecule has 0 unspecified atom stereocenters. The van der Waals surface area contributed by atoms with Gasteiger partial charge in [0.15, 0.2) is 0 Å². The first-order valence-electron chi connectivity index (χ1n) is 1.40. The summed E-state index contributed by atoms with van der Waals surface area (Å²) in [5.41, 5.74) is 0. The molecule has 0 saturated heterocycles. The zero-order valence-corrected chi connectivity index (χ0v) is 17.1. The molecule has 0 spiro atoms. The summed E-state index contributed by atoms with van der Waals surface area (Å²) in [7, 11) is 0. The normalized spacial score (nSPS) is 9.67. The summed E-state index contributed by atoms with van der Waals surface area (Å²) in [5.74, 6) is 0. The van der Waals surface area contributed by atoms with Crippen molar-refractivity contribution in [2.45, 2.75) is 0 Å². The molecule has 0 aromatic carbocycles. The van der Waals surface area contributed by atoms with E-state index in [1.807, 2.05) is 0 Å². The Kier molecular flexibility index (Phi) is 20.4. The molecule has 2 radical (unpaired) electrons. The van der Waals surface area contributed by atoms with Crippen LogP contribution in [0.3, 0.4) is 0 Å². The van der Waals surface area contributed by atoms with Crippen LogP contribution in [-0.2, 0) is 42.4 Å². The van der Waals surface area contributed by atoms with Gasteiger partial charge < -0.3 is 1.43 Å². The number of rotatable bonds is 0. The third kappa shape index (κ3) is 243. The van der Waals surface area contributed by atoms with Gasteiger partial charge in [-0.3, -0.25) is 0 Å². The topological polar surface area (TPSA) is 149 Å². The standard InChI is InChI=1S/2Cr.K.4H2O.4O.Pb.3H/h;;;4*1H2;;;;;;;;/q2*+2;+1;;;;;;;;;;;;-1/p-4. The van der Waals surface area contributed by atoms with Crippen LogP contribution in [0.2, 0.25) is 0 Å². The quantitative estimate of drug-likeness (QED) is 0.248. The summed E-state index contributed by atoms with van der Waals surface area (Å²) in [4.78, 5) is 0. The molecule has 0 aliphatic rings. The van der Waals surface area contributed by atoms with Gasteiger partial charge in [-0.1, -0.05) is 0 Å². The monoisotopic (exact) mass is 486 g/mol. The molecule has 0 aromatic heterocycles. The van der Waals surface area contributed by atoms with Gasteiger partial charge in [-0.25, -0.2) is 0 Å². The molecule has 0 heterocycles. The fraction of sp³-hybridized carbons (Fsp3) is 0. The van der Waals surface area contributed by atoms with E-state index in [9.17, 15) is 0 Å². The Morgan fingerprint density at radius 3 is 0.750 bits per heavy atom. The van der Waals surface area contributed by atoms with E-state index in [0.717, 1.165) is 0 Å². The molecule has 0 aliphatic carbocycles. The van der Waals surface area contributed by atoms with E-state index in [2.05, 4.69) is 0 Å². The van der Waals surface area contributed by atoms with Crippen molar-refractivity contribution in [2.75, 3.05) is 0 Å². The van der Waals surface area contributed by atoms with Crippen LogP contribution in [0.25, 0.3) is 0 Å². The van der Waals surface area contributed by atoms with Crippen LogP contribution in [0.15, 0.2) is 0 Å². The molecular weight excluding hydrogens is 478 g/mol. The number of hydrogen-bond acceptors (Lipinski definition) is 4. The maximum absolute atomic E-state index is 8.82. The van der Waals surface area contributed by atoms with Gasteiger partial charge in [-0.2, -0.15) is 0 Å². The molecule has 0 aromatic rings. The van der Waals surface area contributed by atoms with E-state index >= 15 is 0 Å². The third-order valence-corrected chi connectivity index (χ3v) is 0. The van der Waals surface area contributed by atoms with Crippen molar-refractivity contribution >= 4 is 27.3 Å². The van der Waals surface area contributed by atoms with Crippen molar-refractivity contribution in [2.24, 2.45) is 0 Å². The minimum absolute atomic E-state index is 0. The predicted octanol–water partition coefficient (Wildman–Crippen LogP) is -6.51. The second kappa shape index (κ2) is 10.2. The Morgan fingerprint density at radius 2 is 0.750 bits per heavy atom. The Morgan fingerprint density at radius 1 is 0.750 bits per heavy atom. The van der Waals surface area contributed by atoms with Crippen molar-refractivity contribution in [1.29, 1.82) is 0 Å². The summed E-state index contributed by atoms with van der Waals surface area (Å²) in [5, 5.41) is 0. The Hall–Kier alpha value is 2.66. The zero-order valence-electron chi connectivity index (χ0n) is 6.95. The molecule has 12 heavy (non-hydrogen) atoms. The van der Waals surface area contributed by atoms with Crippen molar-refractivity contribution < 1.29 is 112 Å². The summed E-state index contributed by atoms with van der Waals surface area (Å²) in [6, 6.07) is 0. The minimum atomic E-state index is -5.25. The van der Waals surface area contributed by atoms with Crippen LogP contribution in [0.4, 0.5) is 0 Å². The zero-order chi connectivity index (χ0) is 9.00. The first-order chi connectivity index (χ1) is 4.00. The van der Waals surface area contributed by atoms with Crippen LogP contribution in [0.5, 0.6) is 0 Å². The van der Waals surface area contributed by atoms with E-state index in [1.54, 1.807) is 0 Å². The molecule has 0 aliphatic heterocycles. The van der Waals surface area contributed by atoms with Crippen molar-refractivity contribution in [1.82, 2.24) is 0 Å². The van der Waals surface area contributed by atoms with Gasteiger partial charge in [-0.05, 0) is 0 Å². The van der Waals surface area contributed by atoms with Gasteiger partial charge in [0, 0.05) is 0 Å². The Balaban J connectivity index is -0.0000000267. The average molecular weight is 485 g/mol. The fourth-order valence-electron chi connectivity index (χ4n) is 0. The van der Waals surface area contributed by atoms with E-state index in [0.29, 0.717) is 0 Å². The first kappa shape index (κ1) is 24.1. The van der Waals surface area contributed by atoms with Gasteiger partial charge in [0.2, 0.25) is 0 Å². The maximum atomic E-state index is 8.82. The van der Waals surface area contributed by atoms with E-state index in [4.69, 9.17) is 31.8 Å². The summed E-state index contributed by atoms with van der Waals surface area (Å²) in [6.07, 6.45) is 0. The van der Waals surface area contributed by atoms with E-state index in [1.165, 1.54) is 0 Å². The molecule has 4 N–H and O–H groups in total. The second-order valence-electron chi connectivity index (χ2n) is 0.896. The summed E-state index contributed by atoms with van der Waals surface area (Å²) in [6.45, 7) is 0. The van der Waals surface area contributed by atoms with Crippen LogP contribution in [0, 0.1) is 0 Å². The molecule has 0 atom stereocenters. The molecule has 0 fully saturated rings. The molecule has 0 amide bonds. The molecule has 12 heteroatoms. The molecule has 72 valence electrons. The van der Waals surface area contributed by atoms with Gasteiger partial charge in [0.05, 0.1) is 0 Å². The van der Waals surface area contributed by atoms with Gasteiger partial charge in [-0.15, -0.1) is 0 Å². The first-order valence-corrected chi connectivity index (χ1v) is 5.76. The van der Waals surface area contributed by atoms with Crippen LogP contribution in [0.1, 0.15) is 1.43 Å². The number of hydrogen-bond donors (Lipinski definition) is 4. The predicted molar refractivity (Wildman–Crippen MR) is 21.3 cm³/mol. The van der Waals surface area contributed by atoms with Crippen molar-refractivity contribution in [3.8, 4) is 0 Å². The SMILES string of the molecule is [H-].[K+].[O]=[Cr](=[O])([OH])[OH].[O]=[Cr](=[O])([OH])[OH].[PbH2]. The average Bonchev–Trinajstić information content (AvgIpc) is 1.12. The van der Waals surface area contributed by atoms with E-state index < -0.39 is 27.2 Å². The van der Waals surface area contributed by atoms with Crippen LogP contribution >= 0.6 is 0 Å². The summed E-state index contributed by atoms with van der Waals surface area (Å²) < 4.78 is 63.8. The van der Waals surface area contributed by atoms with Gasteiger partial charge >= 0.3 is 138 Å². The molecule has 0 bridgehead atoms. The summed E-state index contributed by atoms with van der Waals surface area (Å²) >= 11 is -10.5. The third-order valence-electron chi connectivity index (χ3n) is 0. The van der Waals surface area contributed by atoms with Gasteiger partial charge in [0.25, 0.3) is 0 Å². The Bertz CT molecular complexity index is 219. The Labute approximate surface area is 136 Å². The molecular formula is H7Cr2KO8Pb. The van der Waals surface area contributed by atoms with Gasteiger partial charge in [0.1, 0.15) is 0 Å². The molecule has 8 nitrogen and oxygen atoms in total.